The molecule has 2 nitrogen and oxygen atoms in total. The standard InChI is InChI=1S/C15H22BrFN2/c1-10(2)9-19-7-3-4-14(18)15(19)12-8-11(16)5-6-13(12)17/h5-6,8,10,14-15H,3-4,7,9,18H2,1-2H3. The fraction of sp³-hybridized carbons (Fsp3) is 0.600. The van der Waals surface area contributed by atoms with Crippen molar-refractivity contribution in [2.75, 3.05) is 13.1 Å². The van der Waals surface area contributed by atoms with Crippen LogP contribution in [-0.4, -0.2) is 24.0 Å². The third-order valence-electron chi connectivity index (χ3n) is 3.66. The van der Waals surface area contributed by atoms with Crippen molar-refractivity contribution in [2.45, 2.75) is 38.8 Å². The molecule has 1 aromatic rings. The van der Waals surface area contributed by atoms with E-state index in [1.165, 1.54) is 6.07 Å². The van der Waals surface area contributed by atoms with Crippen molar-refractivity contribution in [1.82, 2.24) is 4.90 Å². The summed E-state index contributed by atoms with van der Waals surface area (Å²) >= 11 is 3.43. The lowest BCUT2D eigenvalue weighted by molar-refractivity contribution is 0.111. The second-order valence-corrected chi connectivity index (χ2v) is 6.72. The summed E-state index contributed by atoms with van der Waals surface area (Å²) in [4.78, 5) is 2.34. The molecule has 19 heavy (non-hydrogen) atoms. The predicted octanol–water partition coefficient (Wildman–Crippen LogP) is 3.71. The molecule has 1 heterocycles. The summed E-state index contributed by atoms with van der Waals surface area (Å²) in [5.41, 5.74) is 7.00. The first-order valence-electron chi connectivity index (χ1n) is 6.93. The molecule has 2 atom stereocenters. The Morgan fingerprint density at radius 2 is 2.21 bits per heavy atom. The average Bonchev–Trinajstić information content (AvgIpc) is 2.32. The molecular formula is C15H22BrFN2. The molecule has 106 valence electrons. The van der Waals surface area contributed by atoms with E-state index >= 15 is 0 Å². The van der Waals surface area contributed by atoms with E-state index in [9.17, 15) is 4.39 Å². The van der Waals surface area contributed by atoms with Crippen LogP contribution in [0.2, 0.25) is 0 Å². The first kappa shape index (κ1) is 14.9. The number of likely N-dealkylation sites (tertiary alicyclic amines) is 1. The minimum absolute atomic E-state index is 0.00588. The van der Waals surface area contributed by atoms with Crippen LogP contribution < -0.4 is 5.73 Å². The molecule has 1 aromatic carbocycles. The molecule has 2 unspecified atom stereocenters. The summed E-state index contributed by atoms with van der Waals surface area (Å²) in [7, 11) is 0. The lowest BCUT2D eigenvalue weighted by atomic mass is 9.90. The molecule has 2 N–H and O–H groups in total. The van der Waals surface area contributed by atoms with Gasteiger partial charge in [-0.05, 0) is 43.5 Å². The number of benzene rings is 1. The lowest BCUT2D eigenvalue weighted by Gasteiger charge is -2.41. The second-order valence-electron chi connectivity index (χ2n) is 5.81. The zero-order chi connectivity index (χ0) is 14.0. The van der Waals surface area contributed by atoms with Crippen molar-refractivity contribution in [1.29, 1.82) is 0 Å². The van der Waals surface area contributed by atoms with Crippen molar-refractivity contribution in [3.63, 3.8) is 0 Å². The molecule has 0 bridgehead atoms. The smallest absolute Gasteiger partial charge is 0.128 e. The Hall–Kier alpha value is -0.450. The van der Waals surface area contributed by atoms with Gasteiger partial charge in [-0.25, -0.2) is 4.39 Å². The van der Waals surface area contributed by atoms with Crippen molar-refractivity contribution < 1.29 is 4.39 Å². The van der Waals surface area contributed by atoms with Gasteiger partial charge in [0.25, 0.3) is 0 Å². The van der Waals surface area contributed by atoms with Crippen LogP contribution in [0, 0.1) is 11.7 Å². The first-order valence-corrected chi connectivity index (χ1v) is 7.73. The van der Waals surface area contributed by atoms with E-state index < -0.39 is 0 Å². The van der Waals surface area contributed by atoms with E-state index in [0.29, 0.717) is 5.92 Å². The van der Waals surface area contributed by atoms with Gasteiger partial charge in [-0.2, -0.15) is 0 Å². The van der Waals surface area contributed by atoms with Gasteiger partial charge in [0.2, 0.25) is 0 Å². The highest BCUT2D eigenvalue weighted by Gasteiger charge is 2.32. The zero-order valence-corrected chi connectivity index (χ0v) is 13.2. The topological polar surface area (TPSA) is 29.3 Å². The Morgan fingerprint density at radius 1 is 1.47 bits per heavy atom. The molecule has 1 aliphatic heterocycles. The Labute approximate surface area is 123 Å². The summed E-state index contributed by atoms with van der Waals surface area (Å²) < 4.78 is 15.0. The average molecular weight is 329 g/mol. The van der Waals surface area contributed by atoms with Crippen molar-refractivity contribution >= 4 is 15.9 Å². The van der Waals surface area contributed by atoms with Crippen molar-refractivity contribution in [2.24, 2.45) is 11.7 Å². The fourth-order valence-electron chi connectivity index (χ4n) is 2.94. The summed E-state index contributed by atoms with van der Waals surface area (Å²) in [5, 5.41) is 0. The van der Waals surface area contributed by atoms with Crippen LogP contribution >= 0.6 is 15.9 Å². The minimum Gasteiger partial charge on any atom is -0.326 e. The highest BCUT2D eigenvalue weighted by Crippen LogP contribution is 2.33. The van der Waals surface area contributed by atoms with Gasteiger partial charge in [-0.3, -0.25) is 4.90 Å². The molecule has 0 aromatic heterocycles. The van der Waals surface area contributed by atoms with Crippen LogP contribution in [-0.2, 0) is 0 Å². The van der Waals surface area contributed by atoms with Gasteiger partial charge in [0.05, 0.1) is 6.04 Å². The number of nitrogens with zero attached hydrogens (tertiary/aromatic N) is 1. The molecule has 1 fully saturated rings. The summed E-state index contributed by atoms with van der Waals surface area (Å²) in [6.45, 7) is 6.34. The van der Waals surface area contributed by atoms with Crippen LogP contribution in [0.3, 0.4) is 0 Å². The van der Waals surface area contributed by atoms with Crippen LogP contribution in [0.15, 0.2) is 22.7 Å². The van der Waals surface area contributed by atoms with E-state index in [1.807, 2.05) is 6.07 Å². The predicted molar refractivity (Wildman–Crippen MR) is 80.5 cm³/mol. The molecule has 0 amide bonds. The summed E-state index contributed by atoms with van der Waals surface area (Å²) in [5.74, 6) is 0.405. The highest BCUT2D eigenvalue weighted by atomic mass is 79.9. The van der Waals surface area contributed by atoms with E-state index in [2.05, 4.69) is 34.7 Å². The fourth-order valence-corrected chi connectivity index (χ4v) is 3.32. The van der Waals surface area contributed by atoms with Gasteiger partial charge in [0.1, 0.15) is 5.82 Å². The van der Waals surface area contributed by atoms with E-state index in [0.717, 1.165) is 36.0 Å². The highest BCUT2D eigenvalue weighted by molar-refractivity contribution is 9.10. The van der Waals surface area contributed by atoms with Crippen molar-refractivity contribution in [3.8, 4) is 0 Å². The van der Waals surface area contributed by atoms with Gasteiger partial charge in [0.15, 0.2) is 0 Å². The molecule has 1 aliphatic rings. The molecular weight excluding hydrogens is 307 g/mol. The van der Waals surface area contributed by atoms with Gasteiger partial charge >= 0.3 is 0 Å². The number of halogens is 2. The van der Waals surface area contributed by atoms with E-state index in [1.54, 1.807) is 6.07 Å². The second kappa shape index (κ2) is 6.33. The van der Waals surface area contributed by atoms with Crippen LogP contribution in [0.1, 0.15) is 38.3 Å². The molecule has 0 spiro atoms. The largest absolute Gasteiger partial charge is 0.326 e. The maximum atomic E-state index is 14.1. The summed E-state index contributed by atoms with van der Waals surface area (Å²) in [6, 6.07) is 5.14. The molecule has 0 aliphatic carbocycles. The van der Waals surface area contributed by atoms with Gasteiger partial charge in [-0.1, -0.05) is 29.8 Å². The van der Waals surface area contributed by atoms with Crippen LogP contribution in [0.4, 0.5) is 4.39 Å². The van der Waals surface area contributed by atoms with Gasteiger partial charge in [-0.15, -0.1) is 0 Å². The molecule has 4 heteroatoms. The maximum Gasteiger partial charge on any atom is 0.128 e. The first-order chi connectivity index (χ1) is 8.99. The molecule has 1 saturated heterocycles. The Balaban J connectivity index is 2.33. The van der Waals surface area contributed by atoms with Gasteiger partial charge < -0.3 is 5.73 Å². The minimum atomic E-state index is -0.153. The normalized spacial score (nSPS) is 24.9. The SMILES string of the molecule is CC(C)CN1CCCC(N)C1c1cc(Br)ccc1F. The number of hydrogen-bond donors (Lipinski definition) is 1. The monoisotopic (exact) mass is 328 g/mol. The van der Waals surface area contributed by atoms with Crippen LogP contribution in [0.25, 0.3) is 0 Å². The molecule has 0 radical (unpaired) electrons. The summed E-state index contributed by atoms with van der Waals surface area (Å²) in [6.07, 6.45) is 2.06. The number of piperidine rings is 1. The lowest BCUT2D eigenvalue weighted by Crippen LogP contribution is -2.47. The quantitative estimate of drug-likeness (QED) is 0.916. The van der Waals surface area contributed by atoms with Crippen molar-refractivity contribution in [3.05, 3.63) is 34.1 Å². The molecule has 0 saturated carbocycles. The van der Waals surface area contributed by atoms with Gasteiger partial charge in [0, 0.05) is 22.6 Å². The number of rotatable bonds is 3. The van der Waals surface area contributed by atoms with E-state index in [4.69, 9.17) is 5.73 Å². The van der Waals surface area contributed by atoms with Crippen LogP contribution in [0.5, 0.6) is 0 Å². The number of hydrogen-bond acceptors (Lipinski definition) is 2. The van der Waals surface area contributed by atoms with E-state index in [-0.39, 0.29) is 17.9 Å². The Morgan fingerprint density at radius 3 is 2.89 bits per heavy atom. The zero-order valence-electron chi connectivity index (χ0n) is 11.6. The Kier molecular flexibility index (Phi) is 4.98. The maximum absolute atomic E-state index is 14.1. The number of nitrogens with two attached hydrogens (primary N) is 1. The Bertz CT molecular complexity index is 436. The third-order valence-corrected chi connectivity index (χ3v) is 4.15. The third kappa shape index (κ3) is 3.56. The molecule has 2 rings (SSSR count).